The van der Waals surface area contributed by atoms with E-state index in [0.29, 0.717) is 18.6 Å². The van der Waals surface area contributed by atoms with Crippen LogP contribution in [0.2, 0.25) is 0 Å². The van der Waals surface area contributed by atoms with Crippen LogP contribution >= 0.6 is 0 Å². The number of aliphatic carboxylic acids is 2. The summed E-state index contributed by atoms with van der Waals surface area (Å²) in [4.78, 5) is 28.3. The highest BCUT2D eigenvalue weighted by Crippen LogP contribution is 1.70. The molecule has 0 radical (unpaired) electrons. The van der Waals surface area contributed by atoms with Gasteiger partial charge in [-0.2, -0.15) is 0 Å². The van der Waals surface area contributed by atoms with E-state index >= 15 is 0 Å². The average molecular weight is 174 g/mol. The van der Waals surface area contributed by atoms with E-state index in [1.807, 2.05) is 6.92 Å². The van der Waals surface area contributed by atoms with Crippen molar-refractivity contribution in [3.63, 3.8) is 0 Å². The minimum absolute atomic E-state index is 0.558. The highest BCUT2D eigenvalue weighted by Gasteiger charge is 1.88. The van der Waals surface area contributed by atoms with Crippen molar-refractivity contribution in [1.82, 2.24) is 0 Å². The topological polar surface area (TPSA) is 91.7 Å². The average Bonchev–Trinajstić information content (AvgIpc) is 2.01. The Morgan fingerprint density at radius 2 is 1.42 bits per heavy atom. The summed E-state index contributed by atoms with van der Waals surface area (Å²) in [7, 11) is 0. The molecule has 0 aromatic heterocycles. The highest BCUT2D eigenvalue weighted by molar-refractivity contribution is 5.89. The molecule has 0 aliphatic rings. The molecule has 0 aromatic carbocycles. The van der Waals surface area contributed by atoms with Crippen LogP contribution < -0.4 is 0 Å². The molecular formula is C7H10O5. The van der Waals surface area contributed by atoms with Gasteiger partial charge in [0.05, 0.1) is 0 Å². The largest absolute Gasteiger partial charge is 0.478 e. The minimum atomic E-state index is -1.26. The zero-order chi connectivity index (χ0) is 9.98. The minimum Gasteiger partial charge on any atom is -0.478 e. The summed E-state index contributed by atoms with van der Waals surface area (Å²) in [6.07, 6.45) is 2.63. The van der Waals surface area contributed by atoms with Crippen molar-refractivity contribution in [3.05, 3.63) is 12.2 Å². The molecule has 0 bridgehead atoms. The van der Waals surface area contributed by atoms with Crippen LogP contribution in [0.5, 0.6) is 0 Å². The van der Waals surface area contributed by atoms with Crippen molar-refractivity contribution in [2.75, 3.05) is 0 Å². The molecule has 68 valence electrons. The van der Waals surface area contributed by atoms with Gasteiger partial charge in [-0.25, -0.2) is 9.59 Å². The normalized spacial score (nSPS) is 8.42. The monoisotopic (exact) mass is 174 g/mol. The summed E-state index contributed by atoms with van der Waals surface area (Å²) in [6.45, 7) is 1.81. The summed E-state index contributed by atoms with van der Waals surface area (Å²) in [6, 6.07) is 0. The molecule has 0 rings (SSSR count). The lowest BCUT2D eigenvalue weighted by Gasteiger charge is -1.74. The molecule has 0 unspecified atom stereocenters. The Balaban J connectivity index is 0. The van der Waals surface area contributed by atoms with E-state index in [1.54, 1.807) is 0 Å². The maximum atomic E-state index is 9.55. The van der Waals surface area contributed by atoms with E-state index in [4.69, 9.17) is 10.2 Å². The number of carboxylic acid groups (broad SMARTS) is 2. The van der Waals surface area contributed by atoms with Crippen molar-refractivity contribution in [3.8, 4) is 0 Å². The van der Waals surface area contributed by atoms with Crippen molar-refractivity contribution in [2.24, 2.45) is 0 Å². The Bertz CT molecular complexity index is 166. The van der Waals surface area contributed by atoms with E-state index < -0.39 is 11.9 Å². The second-order valence-electron chi connectivity index (χ2n) is 1.58. The van der Waals surface area contributed by atoms with Crippen molar-refractivity contribution in [2.45, 2.75) is 13.3 Å². The smallest absolute Gasteiger partial charge is 0.328 e. The standard InChI is InChI=1S/C4H4O4.C3H6O/c5-3(6)1-2-4(7)8;1-2-3-4/h1-2H,(H,5,6)(H,7,8);3H,2H2,1H3/b2-1+;. The van der Waals surface area contributed by atoms with E-state index in [2.05, 4.69) is 0 Å². The van der Waals surface area contributed by atoms with Gasteiger partial charge in [0.1, 0.15) is 6.29 Å². The third-order valence-corrected chi connectivity index (χ3v) is 0.535. The first kappa shape index (κ1) is 13.0. The molecule has 12 heavy (non-hydrogen) atoms. The van der Waals surface area contributed by atoms with E-state index in [-0.39, 0.29) is 0 Å². The van der Waals surface area contributed by atoms with Gasteiger partial charge < -0.3 is 15.0 Å². The summed E-state index contributed by atoms with van der Waals surface area (Å²) in [5.41, 5.74) is 0. The lowest BCUT2D eigenvalue weighted by Crippen LogP contribution is -1.91. The summed E-state index contributed by atoms with van der Waals surface area (Å²) in [5, 5.41) is 15.6. The Morgan fingerprint density at radius 3 is 1.50 bits per heavy atom. The maximum absolute atomic E-state index is 9.55. The quantitative estimate of drug-likeness (QED) is 0.474. The number of rotatable bonds is 3. The van der Waals surface area contributed by atoms with Crippen LogP contribution in [0.15, 0.2) is 12.2 Å². The fourth-order valence-electron chi connectivity index (χ4n) is 0.143. The SMILES string of the molecule is CCC=O.O=C(O)/C=C/C(=O)O. The maximum Gasteiger partial charge on any atom is 0.328 e. The first-order valence-electron chi connectivity index (χ1n) is 3.12. The molecule has 5 heteroatoms. The predicted octanol–water partition coefficient (Wildman–Crippen LogP) is 0.307. The molecule has 0 atom stereocenters. The Morgan fingerprint density at radius 1 is 1.17 bits per heavy atom. The summed E-state index contributed by atoms with van der Waals surface area (Å²) < 4.78 is 0. The zero-order valence-corrected chi connectivity index (χ0v) is 6.56. The second kappa shape index (κ2) is 9.35. The first-order valence-corrected chi connectivity index (χ1v) is 3.12. The molecule has 0 spiro atoms. The van der Waals surface area contributed by atoms with E-state index in [9.17, 15) is 14.4 Å². The zero-order valence-electron chi connectivity index (χ0n) is 6.56. The molecule has 5 nitrogen and oxygen atoms in total. The van der Waals surface area contributed by atoms with Crippen molar-refractivity contribution >= 4 is 18.2 Å². The Kier molecular flexibility index (Phi) is 10.1. The second-order valence-corrected chi connectivity index (χ2v) is 1.58. The van der Waals surface area contributed by atoms with Crippen LogP contribution in [-0.2, 0) is 14.4 Å². The number of carbonyl (C=O) groups excluding carboxylic acids is 1. The molecule has 0 amide bonds. The first-order chi connectivity index (χ1) is 5.54. The molecule has 0 fully saturated rings. The van der Waals surface area contributed by atoms with Gasteiger partial charge >= 0.3 is 11.9 Å². The van der Waals surface area contributed by atoms with Crippen LogP contribution in [0.3, 0.4) is 0 Å². The van der Waals surface area contributed by atoms with E-state index in [1.165, 1.54) is 0 Å². The van der Waals surface area contributed by atoms with Crippen molar-refractivity contribution < 1.29 is 24.6 Å². The number of carboxylic acids is 2. The number of hydrogen-bond donors (Lipinski definition) is 2. The number of carbonyl (C=O) groups is 3. The van der Waals surface area contributed by atoms with E-state index in [0.717, 1.165) is 6.29 Å². The van der Waals surface area contributed by atoms with Gasteiger partial charge in [0.2, 0.25) is 0 Å². The molecule has 2 N–H and O–H groups in total. The highest BCUT2D eigenvalue weighted by atomic mass is 16.4. The third-order valence-electron chi connectivity index (χ3n) is 0.535. The van der Waals surface area contributed by atoms with Crippen LogP contribution in [-0.4, -0.2) is 28.4 Å². The number of aldehydes is 1. The summed E-state index contributed by atoms with van der Waals surface area (Å²) >= 11 is 0. The fourth-order valence-corrected chi connectivity index (χ4v) is 0.143. The molecule has 0 aromatic rings. The van der Waals surface area contributed by atoms with Gasteiger partial charge in [0, 0.05) is 18.6 Å². The Labute approximate surface area is 69.3 Å². The lowest BCUT2D eigenvalue weighted by atomic mass is 10.5. The van der Waals surface area contributed by atoms with Crippen LogP contribution in [0.25, 0.3) is 0 Å². The van der Waals surface area contributed by atoms with Gasteiger partial charge in [-0.05, 0) is 0 Å². The van der Waals surface area contributed by atoms with Gasteiger partial charge in [-0.1, -0.05) is 6.92 Å². The molecule has 0 aliphatic heterocycles. The molecule has 0 heterocycles. The molecule has 0 saturated carbocycles. The molecule has 0 saturated heterocycles. The van der Waals surface area contributed by atoms with Gasteiger partial charge in [0.25, 0.3) is 0 Å². The van der Waals surface area contributed by atoms with Crippen LogP contribution in [0.4, 0.5) is 0 Å². The third kappa shape index (κ3) is 23.8. The number of hydrogen-bond acceptors (Lipinski definition) is 3. The molecule has 0 aliphatic carbocycles. The van der Waals surface area contributed by atoms with Crippen molar-refractivity contribution in [1.29, 1.82) is 0 Å². The van der Waals surface area contributed by atoms with Crippen LogP contribution in [0, 0.1) is 0 Å². The molecular weight excluding hydrogens is 164 g/mol. The van der Waals surface area contributed by atoms with Gasteiger partial charge in [0.15, 0.2) is 0 Å². The van der Waals surface area contributed by atoms with Gasteiger partial charge in [-0.3, -0.25) is 0 Å². The fraction of sp³-hybridized carbons (Fsp3) is 0.286. The Hall–Kier alpha value is -1.65. The lowest BCUT2D eigenvalue weighted by molar-refractivity contribution is -0.134. The predicted molar refractivity (Wildman–Crippen MR) is 40.8 cm³/mol. The van der Waals surface area contributed by atoms with Crippen LogP contribution in [0.1, 0.15) is 13.3 Å². The van der Waals surface area contributed by atoms with Gasteiger partial charge in [-0.15, -0.1) is 0 Å². The summed E-state index contributed by atoms with van der Waals surface area (Å²) in [5.74, 6) is -2.51.